The van der Waals surface area contributed by atoms with E-state index >= 15 is 0 Å². The highest BCUT2D eigenvalue weighted by atomic mass is 32.1. The quantitative estimate of drug-likeness (QED) is 0.493. The summed E-state index contributed by atoms with van der Waals surface area (Å²) >= 11 is 1.57. The molecule has 0 spiro atoms. The molecule has 156 valence electrons. The lowest BCUT2D eigenvalue weighted by molar-refractivity contribution is 0.0955. The third kappa shape index (κ3) is 4.18. The van der Waals surface area contributed by atoms with Crippen LogP contribution in [0.3, 0.4) is 0 Å². The lowest BCUT2D eigenvalue weighted by Crippen LogP contribution is -2.26. The molecule has 3 heterocycles. The van der Waals surface area contributed by atoms with Crippen LogP contribution < -0.4 is 14.8 Å². The molecule has 2 aromatic carbocycles. The summed E-state index contributed by atoms with van der Waals surface area (Å²) in [5.74, 6) is 1.40. The first kappa shape index (κ1) is 19.4. The Kier molecular flexibility index (Phi) is 5.41. The van der Waals surface area contributed by atoms with Crippen molar-refractivity contribution in [2.75, 3.05) is 19.8 Å². The summed E-state index contributed by atoms with van der Waals surface area (Å²) in [7, 11) is 0. The van der Waals surface area contributed by atoms with E-state index in [1.54, 1.807) is 22.2 Å². The number of rotatable bonds is 6. The summed E-state index contributed by atoms with van der Waals surface area (Å²) in [5.41, 5.74) is 3.25. The van der Waals surface area contributed by atoms with Crippen molar-refractivity contribution in [1.82, 2.24) is 15.1 Å². The number of para-hydroxylation sites is 1. The van der Waals surface area contributed by atoms with E-state index in [0.717, 1.165) is 27.6 Å². The Morgan fingerprint density at radius 1 is 1.03 bits per heavy atom. The Labute approximate surface area is 184 Å². The van der Waals surface area contributed by atoms with Crippen molar-refractivity contribution in [2.45, 2.75) is 6.42 Å². The molecule has 0 bridgehead atoms. The van der Waals surface area contributed by atoms with E-state index in [4.69, 9.17) is 14.6 Å². The maximum Gasteiger partial charge on any atom is 0.255 e. The van der Waals surface area contributed by atoms with Crippen LogP contribution in [0, 0.1) is 0 Å². The minimum absolute atomic E-state index is 0.136. The number of amides is 1. The highest BCUT2D eigenvalue weighted by Crippen LogP contribution is 2.31. The van der Waals surface area contributed by atoms with Crippen molar-refractivity contribution in [3.05, 3.63) is 83.4 Å². The van der Waals surface area contributed by atoms with Crippen LogP contribution in [0.1, 0.15) is 15.9 Å². The number of aromatic nitrogens is 2. The van der Waals surface area contributed by atoms with E-state index in [-0.39, 0.29) is 5.91 Å². The topological polar surface area (TPSA) is 65.4 Å². The van der Waals surface area contributed by atoms with Crippen LogP contribution in [0.2, 0.25) is 0 Å². The first-order valence-corrected chi connectivity index (χ1v) is 11.0. The van der Waals surface area contributed by atoms with Crippen molar-refractivity contribution in [2.24, 2.45) is 0 Å². The standard InChI is InChI=1S/C24H21N3O3S/c28-24(25-11-10-17-8-9-20-21(15-17)30-13-12-29-20)19-16-27(18-5-2-1-3-6-18)26-23(19)22-7-4-14-31-22/h1-9,14-16H,10-13H2,(H,25,28). The molecule has 0 saturated heterocycles. The number of carbonyl (C=O) groups excluding carboxylic acids is 1. The number of hydrogen-bond acceptors (Lipinski definition) is 5. The maximum atomic E-state index is 13.0. The van der Waals surface area contributed by atoms with Gasteiger partial charge in [0.1, 0.15) is 18.9 Å². The minimum atomic E-state index is -0.136. The van der Waals surface area contributed by atoms with Crippen LogP contribution in [0.25, 0.3) is 16.3 Å². The first-order valence-electron chi connectivity index (χ1n) is 10.1. The number of fused-ring (bicyclic) bond motifs is 1. The Morgan fingerprint density at radius 3 is 2.68 bits per heavy atom. The molecule has 5 rings (SSSR count). The molecule has 1 aliphatic heterocycles. The van der Waals surface area contributed by atoms with E-state index in [1.807, 2.05) is 66.0 Å². The molecule has 0 radical (unpaired) electrons. The van der Waals surface area contributed by atoms with Gasteiger partial charge in [0.25, 0.3) is 5.91 Å². The first-order chi connectivity index (χ1) is 15.3. The van der Waals surface area contributed by atoms with E-state index in [2.05, 4.69) is 5.32 Å². The van der Waals surface area contributed by atoms with Gasteiger partial charge in [0, 0.05) is 12.7 Å². The minimum Gasteiger partial charge on any atom is -0.486 e. The Bertz CT molecular complexity index is 1190. The van der Waals surface area contributed by atoms with Crippen LogP contribution in [-0.4, -0.2) is 35.4 Å². The number of ether oxygens (including phenoxy) is 2. The summed E-state index contributed by atoms with van der Waals surface area (Å²) in [5, 5.41) is 9.72. The third-order valence-corrected chi connectivity index (χ3v) is 5.92. The van der Waals surface area contributed by atoms with Gasteiger partial charge in [-0.1, -0.05) is 30.3 Å². The fourth-order valence-corrected chi connectivity index (χ4v) is 4.23. The Balaban J connectivity index is 1.32. The fourth-order valence-electron chi connectivity index (χ4n) is 3.51. The van der Waals surface area contributed by atoms with Gasteiger partial charge in [-0.25, -0.2) is 4.68 Å². The molecular weight excluding hydrogens is 410 g/mol. The predicted octanol–water partition coefficient (Wildman–Crippen LogP) is 4.34. The molecule has 4 aromatic rings. The third-order valence-electron chi connectivity index (χ3n) is 5.04. The zero-order valence-electron chi connectivity index (χ0n) is 16.8. The van der Waals surface area contributed by atoms with E-state index < -0.39 is 0 Å². The van der Waals surface area contributed by atoms with Crippen molar-refractivity contribution < 1.29 is 14.3 Å². The molecule has 1 N–H and O–H groups in total. The Hall–Kier alpha value is -3.58. The summed E-state index contributed by atoms with van der Waals surface area (Å²) in [6, 6.07) is 19.6. The van der Waals surface area contributed by atoms with Crippen LogP contribution >= 0.6 is 11.3 Å². The smallest absolute Gasteiger partial charge is 0.255 e. The number of nitrogens with zero attached hydrogens (tertiary/aromatic N) is 2. The fraction of sp³-hybridized carbons (Fsp3) is 0.167. The largest absolute Gasteiger partial charge is 0.486 e. The van der Waals surface area contributed by atoms with Crippen molar-refractivity contribution in [1.29, 1.82) is 0 Å². The highest BCUT2D eigenvalue weighted by molar-refractivity contribution is 7.13. The SMILES string of the molecule is O=C(NCCc1ccc2c(c1)OCCO2)c1cn(-c2ccccc2)nc1-c1cccs1. The number of thiophene rings is 1. The molecule has 7 heteroatoms. The highest BCUT2D eigenvalue weighted by Gasteiger charge is 2.19. The lowest BCUT2D eigenvalue weighted by Gasteiger charge is -2.18. The summed E-state index contributed by atoms with van der Waals surface area (Å²) in [6.07, 6.45) is 2.49. The molecule has 2 aromatic heterocycles. The molecule has 0 saturated carbocycles. The molecule has 1 aliphatic rings. The lowest BCUT2D eigenvalue weighted by atomic mass is 10.1. The second-order valence-electron chi connectivity index (χ2n) is 7.13. The van der Waals surface area contributed by atoms with Crippen molar-refractivity contribution in [3.63, 3.8) is 0 Å². The Morgan fingerprint density at radius 2 is 1.87 bits per heavy atom. The van der Waals surface area contributed by atoms with Gasteiger partial charge in [-0.15, -0.1) is 11.3 Å². The van der Waals surface area contributed by atoms with Crippen LogP contribution in [0.4, 0.5) is 0 Å². The summed E-state index contributed by atoms with van der Waals surface area (Å²) in [4.78, 5) is 14.0. The van der Waals surface area contributed by atoms with E-state index in [9.17, 15) is 4.79 Å². The number of nitrogens with one attached hydrogen (secondary N) is 1. The average Bonchev–Trinajstić information content (AvgIpc) is 3.50. The zero-order valence-corrected chi connectivity index (χ0v) is 17.6. The number of benzene rings is 2. The summed E-state index contributed by atoms with van der Waals surface area (Å²) < 4.78 is 13.0. The molecule has 31 heavy (non-hydrogen) atoms. The van der Waals surface area contributed by atoms with Crippen LogP contribution in [-0.2, 0) is 6.42 Å². The average molecular weight is 432 g/mol. The normalized spacial score (nSPS) is 12.5. The second-order valence-corrected chi connectivity index (χ2v) is 8.08. The van der Waals surface area contributed by atoms with Gasteiger partial charge in [-0.2, -0.15) is 5.10 Å². The molecule has 0 atom stereocenters. The second kappa shape index (κ2) is 8.65. The van der Waals surface area contributed by atoms with Crippen molar-refractivity contribution in [3.8, 4) is 27.8 Å². The van der Waals surface area contributed by atoms with Crippen molar-refractivity contribution >= 4 is 17.2 Å². The predicted molar refractivity (Wildman–Crippen MR) is 120 cm³/mol. The van der Waals surface area contributed by atoms with Gasteiger partial charge < -0.3 is 14.8 Å². The summed E-state index contributed by atoms with van der Waals surface area (Å²) in [6.45, 7) is 1.65. The molecular formula is C24H21N3O3S. The molecule has 1 amide bonds. The van der Waals surface area contributed by atoms with Gasteiger partial charge >= 0.3 is 0 Å². The van der Waals surface area contributed by atoms with Gasteiger partial charge in [0.15, 0.2) is 11.5 Å². The number of carbonyl (C=O) groups is 1. The molecule has 0 fully saturated rings. The molecule has 0 aliphatic carbocycles. The van der Waals surface area contributed by atoms with Gasteiger partial charge in [-0.05, 0) is 47.7 Å². The van der Waals surface area contributed by atoms with Crippen LogP contribution in [0.15, 0.2) is 72.2 Å². The van der Waals surface area contributed by atoms with Gasteiger partial charge in [-0.3, -0.25) is 4.79 Å². The van der Waals surface area contributed by atoms with E-state index in [1.165, 1.54) is 0 Å². The van der Waals surface area contributed by atoms with E-state index in [0.29, 0.717) is 37.4 Å². The van der Waals surface area contributed by atoms with Crippen LogP contribution in [0.5, 0.6) is 11.5 Å². The van der Waals surface area contributed by atoms with Gasteiger partial charge in [0.05, 0.1) is 16.1 Å². The monoisotopic (exact) mass is 431 g/mol. The maximum absolute atomic E-state index is 13.0. The zero-order chi connectivity index (χ0) is 21.0. The molecule has 0 unspecified atom stereocenters. The van der Waals surface area contributed by atoms with Gasteiger partial charge in [0.2, 0.25) is 0 Å². The molecule has 6 nitrogen and oxygen atoms in total. The number of hydrogen-bond donors (Lipinski definition) is 1.